The first-order valence-corrected chi connectivity index (χ1v) is 4.53. The Balaban J connectivity index is 2.50. The summed E-state index contributed by atoms with van der Waals surface area (Å²) in [4.78, 5) is 11.7. The third-order valence-corrected chi connectivity index (χ3v) is 2.55. The average Bonchev–Trinajstić information content (AvgIpc) is 2.39. The van der Waals surface area contributed by atoms with Gasteiger partial charge in [0.25, 0.3) is 0 Å². The lowest BCUT2D eigenvalue weighted by atomic mass is 10.2. The van der Waals surface area contributed by atoms with Crippen LogP contribution in [0.4, 0.5) is 0 Å². The molecule has 1 heterocycles. The minimum absolute atomic E-state index is 0.251. The lowest BCUT2D eigenvalue weighted by molar-refractivity contribution is -0.111. The van der Waals surface area contributed by atoms with Crippen molar-refractivity contribution >= 4 is 29.1 Å². The van der Waals surface area contributed by atoms with E-state index < -0.39 is 6.04 Å². The van der Waals surface area contributed by atoms with Gasteiger partial charge < -0.3 is 5.73 Å². The second kappa shape index (κ2) is 3.90. The fourth-order valence-corrected chi connectivity index (χ4v) is 1.59. The van der Waals surface area contributed by atoms with E-state index in [-0.39, 0.29) is 5.12 Å². The van der Waals surface area contributed by atoms with Crippen LogP contribution >= 0.6 is 24.0 Å². The molecule has 1 atom stereocenters. The quantitative estimate of drug-likeness (QED) is 0.695. The molecular weight excluding hydrogens is 178 g/mol. The van der Waals surface area contributed by atoms with Gasteiger partial charge in [0.15, 0.2) is 0 Å². The summed E-state index contributed by atoms with van der Waals surface area (Å²) in [5.41, 5.74) is 5.49. The zero-order valence-electron chi connectivity index (χ0n) is 5.86. The predicted octanol–water partition coefficient (Wildman–Crippen LogP) is 1.07. The van der Waals surface area contributed by atoms with Gasteiger partial charge in [-0.05, 0) is 11.4 Å². The summed E-state index contributed by atoms with van der Waals surface area (Å²) in [5.74, 6) is 0. The molecule has 0 radical (unpaired) electrons. The van der Waals surface area contributed by atoms with Crippen LogP contribution in [0.3, 0.4) is 0 Å². The zero-order valence-corrected chi connectivity index (χ0v) is 7.57. The van der Waals surface area contributed by atoms with Crippen molar-refractivity contribution < 1.29 is 4.79 Å². The molecule has 11 heavy (non-hydrogen) atoms. The van der Waals surface area contributed by atoms with Crippen LogP contribution in [-0.4, -0.2) is 11.2 Å². The first-order chi connectivity index (χ1) is 5.20. The van der Waals surface area contributed by atoms with Gasteiger partial charge in [-0.2, -0.15) is 0 Å². The highest BCUT2D eigenvalue weighted by molar-refractivity contribution is 7.96. The molecule has 4 heteroatoms. The zero-order chi connectivity index (χ0) is 8.27. The Morgan fingerprint density at radius 3 is 3.00 bits per heavy atom. The largest absolute Gasteiger partial charge is 0.320 e. The number of hydrogen-bond acceptors (Lipinski definition) is 3. The predicted molar refractivity (Wildman–Crippen MR) is 50.0 cm³/mol. The normalized spacial score (nSPS) is 12.9. The molecule has 0 amide bonds. The van der Waals surface area contributed by atoms with Crippen LogP contribution in [-0.2, 0) is 11.2 Å². The summed E-state index contributed by atoms with van der Waals surface area (Å²) in [6, 6.07) is 3.44. The van der Waals surface area contributed by atoms with E-state index in [4.69, 9.17) is 5.73 Å². The van der Waals surface area contributed by atoms with Gasteiger partial charge in [0.2, 0.25) is 5.12 Å². The Morgan fingerprint density at radius 1 is 1.82 bits per heavy atom. The number of thiophene rings is 1. The van der Waals surface area contributed by atoms with Gasteiger partial charge in [-0.25, -0.2) is 0 Å². The molecule has 0 unspecified atom stereocenters. The molecule has 0 bridgehead atoms. The van der Waals surface area contributed by atoms with Gasteiger partial charge >= 0.3 is 0 Å². The minimum atomic E-state index is -0.461. The van der Waals surface area contributed by atoms with Crippen LogP contribution in [0, 0.1) is 0 Å². The van der Waals surface area contributed by atoms with Crippen molar-refractivity contribution in [2.75, 3.05) is 0 Å². The maximum Gasteiger partial charge on any atom is 0.202 e. The van der Waals surface area contributed by atoms with Crippen LogP contribution in [0.2, 0.25) is 0 Å². The van der Waals surface area contributed by atoms with E-state index in [2.05, 4.69) is 12.6 Å². The fourth-order valence-electron chi connectivity index (χ4n) is 0.733. The van der Waals surface area contributed by atoms with E-state index >= 15 is 0 Å². The van der Waals surface area contributed by atoms with E-state index in [1.54, 1.807) is 11.3 Å². The summed E-state index contributed by atoms with van der Waals surface area (Å²) < 4.78 is 0. The van der Waals surface area contributed by atoms with E-state index in [0.29, 0.717) is 6.42 Å². The van der Waals surface area contributed by atoms with Crippen LogP contribution in [0.1, 0.15) is 4.88 Å². The minimum Gasteiger partial charge on any atom is -0.320 e. The summed E-state index contributed by atoms with van der Waals surface area (Å²) in [6.45, 7) is 0. The van der Waals surface area contributed by atoms with Crippen LogP contribution in [0.5, 0.6) is 0 Å². The van der Waals surface area contributed by atoms with E-state index in [1.165, 1.54) is 0 Å². The first kappa shape index (κ1) is 8.77. The van der Waals surface area contributed by atoms with E-state index in [9.17, 15) is 4.79 Å². The van der Waals surface area contributed by atoms with Crippen molar-refractivity contribution in [2.45, 2.75) is 12.5 Å². The van der Waals surface area contributed by atoms with Crippen molar-refractivity contribution in [3.8, 4) is 0 Å². The average molecular weight is 187 g/mol. The Morgan fingerprint density at radius 2 is 2.55 bits per heavy atom. The molecule has 0 aromatic carbocycles. The van der Waals surface area contributed by atoms with Crippen molar-refractivity contribution in [1.82, 2.24) is 0 Å². The Bertz CT molecular complexity index is 233. The first-order valence-electron chi connectivity index (χ1n) is 3.21. The molecule has 1 aromatic rings. The van der Waals surface area contributed by atoms with Gasteiger partial charge in [-0.1, -0.05) is 6.07 Å². The molecule has 0 aliphatic heterocycles. The molecule has 2 nitrogen and oxygen atoms in total. The van der Waals surface area contributed by atoms with Gasteiger partial charge in [0.1, 0.15) is 0 Å². The van der Waals surface area contributed by atoms with Gasteiger partial charge in [0.05, 0.1) is 6.04 Å². The summed E-state index contributed by atoms with van der Waals surface area (Å²) in [7, 11) is 0. The lowest BCUT2D eigenvalue weighted by Gasteiger charge is -2.03. The molecule has 60 valence electrons. The molecule has 0 saturated heterocycles. The molecule has 0 fully saturated rings. The summed E-state index contributed by atoms with van der Waals surface area (Å²) in [6.07, 6.45) is 0.597. The van der Waals surface area contributed by atoms with Crippen molar-refractivity contribution in [3.63, 3.8) is 0 Å². The maximum atomic E-state index is 10.6. The molecular formula is C7H9NOS2. The molecule has 0 aliphatic rings. The number of rotatable bonds is 3. The number of hydrogen-bond donors (Lipinski definition) is 2. The number of carbonyl (C=O) groups is 1. The van der Waals surface area contributed by atoms with E-state index in [0.717, 1.165) is 4.88 Å². The molecule has 0 spiro atoms. The van der Waals surface area contributed by atoms with Crippen LogP contribution < -0.4 is 5.73 Å². The number of carbonyl (C=O) groups excluding carboxylic acids is 1. The third kappa shape index (κ3) is 2.65. The number of thiol groups is 1. The van der Waals surface area contributed by atoms with Crippen molar-refractivity contribution in [1.29, 1.82) is 0 Å². The standard InChI is InChI=1S/C7H9NOS2/c8-6(7(9)10)4-5-2-1-3-11-5/h1-3,6H,4,8H2,(H,9,10)/t6-/m0/s1. The molecule has 1 rings (SSSR count). The third-order valence-electron chi connectivity index (χ3n) is 1.32. The van der Waals surface area contributed by atoms with Gasteiger partial charge in [0, 0.05) is 11.3 Å². The highest BCUT2D eigenvalue weighted by Crippen LogP contribution is 2.10. The fraction of sp³-hybridized carbons (Fsp3) is 0.286. The molecule has 0 saturated carbocycles. The summed E-state index contributed by atoms with van der Waals surface area (Å²) >= 11 is 5.25. The molecule has 1 aromatic heterocycles. The molecule has 2 N–H and O–H groups in total. The van der Waals surface area contributed by atoms with Crippen molar-refractivity contribution in [3.05, 3.63) is 22.4 Å². The maximum absolute atomic E-state index is 10.6. The second-order valence-electron chi connectivity index (χ2n) is 2.23. The SMILES string of the molecule is N[C@@H](Cc1cccs1)C(=O)S. The number of nitrogens with two attached hydrogens (primary N) is 1. The summed E-state index contributed by atoms with van der Waals surface area (Å²) in [5, 5.41) is 1.71. The Labute approximate surface area is 74.8 Å². The highest BCUT2D eigenvalue weighted by Gasteiger charge is 2.09. The van der Waals surface area contributed by atoms with Crippen molar-refractivity contribution in [2.24, 2.45) is 5.73 Å². The highest BCUT2D eigenvalue weighted by atomic mass is 32.1. The Kier molecular flexibility index (Phi) is 3.11. The second-order valence-corrected chi connectivity index (χ2v) is 3.70. The smallest absolute Gasteiger partial charge is 0.202 e. The Hall–Kier alpha value is -0.320. The van der Waals surface area contributed by atoms with E-state index in [1.807, 2.05) is 17.5 Å². The topological polar surface area (TPSA) is 43.1 Å². The lowest BCUT2D eigenvalue weighted by Crippen LogP contribution is -2.28. The monoisotopic (exact) mass is 187 g/mol. The molecule has 0 aliphatic carbocycles. The van der Waals surface area contributed by atoms with Crippen LogP contribution in [0.15, 0.2) is 17.5 Å². The van der Waals surface area contributed by atoms with Gasteiger partial charge in [-0.15, -0.1) is 24.0 Å². The van der Waals surface area contributed by atoms with Gasteiger partial charge in [-0.3, -0.25) is 4.79 Å². The van der Waals surface area contributed by atoms with Crippen LogP contribution in [0.25, 0.3) is 0 Å².